The van der Waals surface area contributed by atoms with Crippen LogP contribution in [0.5, 0.6) is 5.75 Å². The zero-order valence-corrected chi connectivity index (χ0v) is 30.1. The Morgan fingerprint density at radius 3 is 2.53 bits per heavy atom. The molecule has 2 aliphatic heterocycles. The molecule has 6 atom stereocenters. The highest BCUT2D eigenvalue weighted by atomic mass is 31.2. The number of phosphoric ester groups is 1. The number of H-pyrrole nitrogens is 2. The van der Waals surface area contributed by atoms with Gasteiger partial charge >= 0.3 is 19.5 Å². The number of azide groups is 1. The number of aromatic nitrogens is 6. The molecule has 2 saturated heterocycles. The van der Waals surface area contributed by atoms with Crippen LogP contribution in [0.2, 0.25) is 0 Å². The number of carbonyl (C=O) groups excluding carboxylic acids is 1. The number of esters is 1. The average Bonchev–Trinajstić information content (AvgIpc) is 3.87. The lowest BCUT2D eigenvalue weighted by molar-refractivity contribution is -0.143. The van der Waals surface area contributed by atoms with E-state index in [9.17, 15) is 29.3 Å². The maximum atomic E-state index is 14.2. The third kappa shape index (κ3) is 8.82. The summed E-state index contributed by atoms with van der Waals surface area (Å²) in [6, 6.07) is 5.55. The Kier molecular flexibility index (Phi) is 11.1. The van der Waals surface area contributed by atoms with Crippen LogP contribution in [0.15, 0.2) is 62.6 Å². The van der Waals surface area contributed by atoms with Gasteiger partial charge in [0.25, 0.3) is 11.1 Å². The Morgan fingerprint density at radius 2 is 1.79 bits per heavy atom. The summed E-state index contributed by atoms with van der Waals surface area (Å²) >= 11 is 0. The number of benzene rings is 1. The number of hydrogen-bond donors (Lipinski definition) is 2. The predicted octanol–water partition coefficient (Wildman–Crippen LogP) is 3.93. The highest BCUT2D eigenvalue weighted by molar-refractivity contribution is 7.48. The van der Waals surface area contributed by atoms with Crippen LogP contribution in [0.3, 0.4) is 0 Å². The van der Waals surface area contributed by atoms with Crippen LogP contribution >= 0.6 is 7.82 Å². The van der Waals surface area contributed by atoms with Gasteiger partial charge in [0.15, 0.2) is 11.2 Å². The summed E-state index contributed by atoms with van der Waals surface area (Å²) in [5.41, 5.74) is 8.20. The molecule has 3 aromatic heterocycles. The van der Waals surface area contributed by atoms with E-state index in [-0.39, 0.29) is 36.3 Å². The van der Waals surface area contributed by atoms with Crippen molar-refractivity contribution in [2.24, 2.45) is 10.5 Å². The molecule has 2 fully saturated rings. The Balaban J connectivity index is 1.15. The smallest absolute Gasteiger partial charge is 0.426 e. The van der Waals surface area contributed by atoms with Crippen LogP contribution in [-0.2, 0) is 39.0 Å². The van der Waals surface area contributed by atoms with Gasteiger partial charge in [0, 0.05) is 23.1 Å². The van der Waals surface area contributed by atoms with Crippen molar-refractivity contribution >= 4 is 25.0 Å². The molecule has 2 aliphatic rings. The number of nitrogens with one attached hydrogen (secondary N) is 2. The lowest BCUT2D eigenvalue weighted by Gasteiger charge is -2.23. The number of ether oxygens (including phenoxy) is 3. The second-order valence-electron chi connectivity index (χ2n) is 13.6. The summed E-state index contributed by atoms with van der Waals surface area (Å²) in [4.78, 5) is 64.8. The summed E-state index contributed by atoms with van der Waals surface area (Å²) in [6.45, 7) is 5.86. The number of nitrogens with zero attached hydrogens (tertiary/aromatic N) is 7. The van der Waals surface area contributed by atoms with Gasteiger partial charge < -0.3 is 19.2 Å². The number of carbonyl (C=O) groups is 1. The van der Waals surface area contributed by atoms with E-state index >= 15 is 0 Å². The standard InChI is InChI=1S/C32H38N9O11P/c1-18-12-40(31(45)37-28(18)42)25-11-22(38-39-33)23(52-25)15-49-53(46,47-13-19-5-7-20(8-6-19)51-30(44)32(2,3)4)48-14-21-9-10-24(50-21)41-17-36-26-27(41)34-16-35-29(26)43/h5-8,12,16-17,21-25H,9-11,13-15H2,1-4H3,(H,34,35,43)(H,37,42,45)/t21-,22-,23+,24+,25+,53?/m0/s1. The minimum absolute atomic E-state index is 0.0581. The molecule has 2 N–H and O–H groups in total. The van der Waals surface area contributed by atoms with E-state index in [1.54, 1.807) is 49.6 Å². The Hall–Kier alpha value is -4.94. The first-order valence-corrected chi connectivity index (χ1v) is 18.1. The molecule has 21 heteroatoms. The molecule has 5 heterocycles. The van der Waals surface area contributed by atoms with Crippen LogP contribution in [0, 0.1) is 12.3 Å². The normalized spacial score (nSPS) is 22.8. The number of hydrogen-bond acceptors (Lipinski definition) is 14. The molecule has 0 aliphatic carbocycles. The first-order valence-electron chi connectivity index (χ1n) is 16.7. The second-order valence-corrected chi connectivity index (χ2v) is 15.2. The summed E-state index contributed by atoms with van der Waals surface area (Å²) in [5.74, 6) is -0.0946. The van der Waals surface area contributed by atoms with Crippen LogP contribution in [0.25, 0.3) is 21.6 Å². The maximum absolute atomic E-state index is 14.2. The van der Waals surface area contributed by atoms with Crippen molar-refractivity contribution in [2.75, 3.05) is 13.2 Å². The van der Waals surface area contributed by atoms with Crippen molar-refractivity contribution < 1.29 is 37.1 Å². The number of imidazole rings is 1. The van der Waals surface area contributed by atoms with Crippen molar-refractivity contribution in [3.05, 3.63) is 95.9 Å². The van der Waals surface area contributed by atoms with Gasteiger partial charge in [-0.2, -0.15) is 0 Å². The van der Waals surface area contributed by atoms with Crippen molar-refractivity contribution in [3.8, 4) is 5.75 Å². The molecule has 1 unspecified atom stereocenters. The lowest BCUT2D eigenvalue weighted by Crippen LogP contribution is -2.33. The zero-order valence-electron chi connectivity index (χ0n) is 29.2. The lowest BCUT2D eigenvalue weighted by atomic mass is 9.97. The van der Waals surface area contributed by atoms with Crippen LogP contribution in [0.1, 0.15) is 63.6 Å². The Labute approximate surface area is 300 Å². The molecule has 0 saturated carbocycles. The molecule has 20 nitrogen and oxygen atoms in total. The maximum Gasteiger partial charge on any atom is 0.475 e. The first kappa shape index (κ1) is 37.8. The molecule has 53 heavy (non-hydrogen) atoms. The third-order valence-corrected chi connectivity index (χ3v) is 9.95. The predicted molar refractivity (Wildman–Crippen MR) is 185 cm³/mol. The Bertz CT molecular complexity index is 2240. The third-order valence-electron chi connectivity index (χ3n) is 8.57. The molecule has 1 aromatic carbocycles. The van der Waals surface area contributed by atoms with Crippen LogP contribution in [-0.4, -0.2) is 66.5 Å². The molecule has 4 aromatic rings. The number of fused-ring (bicyclic) bond motifs is 1. The van der Waals surface area contributed by atoms with Gasteiger partial charge in [-0.15, -0.1) is 0 Å². The number of aromatic amines is 2. The van der Waals surface area contributed by atoms with E-state index in [0.29, 0.717) is 29.8 Å². The topological polar surface area (TPSA) is 257 Å². The first-order chi connectivity index (χ1) is 25.2. The quantitative estimate of drug-likeness (QED) is 0.0490. The monoisotopic (exact) mass is 755 g/mol. The fourth-order valence-corrected chi connectivity index (χ4v) is 6.84. The molecule has 0 bridgehead atoms. The highest BCUT2D eigenvalue weighted by Gasteiger charge is 2.40. The van der Waals surface area contributed by atoms with Crippen molar-refractivity contribution in [1.29, 1.82) is 0 Å². The van der Waals surface area contributed by atoms with Crippen molar-refractivity contribution in [3.63, 3.8) is 0 Å². The fourth-order valence-electron chi connectivity index (χ4n) is 5.63. The molecular weight excluding hydrogens is 717 g/mol. The van der Waals surface area contributed by atoms with Gasteiger partial charge in [-0.05, 0) is 63.8 Å². The van der Waals surface area contributed by atoms with E-state index in [2.05, 4.69) is 30.0 Å². The van der Waals surface area contributed by atoms with Crippen molar-refractivity contribution in [2.45, 2.75) is 84.3 Å². The number of aryl methyl sites for hydroxylation is 1. The molecule has 282 valence electrons. The van der Waals surface area contributed by atoms with Crippen LogP contribution < -0.4 is 21.5 Å². The van der Waals surface area contributed by atoms with E-state index in [0.717, 1.165) is 0 Å². The van der Waals surface area contributed by atoms with E-state index in [1.165, 1.54) is 30.3 Å². The minimum atomic E-state index is -4.41. The van der Waals surface area contributed by atoms with E-state index in [1.807, 2.05) is 0 Å². The van der Waals surface area contributed by atoms with Crippen molar-refractivity contribution in [1.82, 2.24) is 29.1 Å². The van der Waals surface area contributed by atoms with Gasteiger partial charge in [-0.3, -0.25) is 42.1 Å². The number of phosphoric acid groups is 1. The average molecular weight is 756 g/mol. The van der Waals surface area contributed by atoms with Gasteiger partial charge in [0.1, 0.15) is 18.2 Å². The fraction of sp³-hybridized carbons (Fsp3) is 0.500. The second kappa shape index (κ2) is 15.6. The Morgan fingerprint density at radius 1 is 1.04 bits per heavy atom. The van der Waals surface area contributed by atoms with E-state index in [4.69, 9.17) is 27.8 Å². The van der Waals surface area contributed by atoms with Gasteiger partial charge in [-0.1, -0.05) is 17.2 Å². The zero-order chi connectivity index (χ0) is 37.9. The van der Waals surface area contributed by atoms with Gasteiger partial charge in [0.2, 0.25) is 0 Å². The summed E-state index contributed by atoms with van der Waals surface area (Å²) < 4.78 is 51.9. The molecule has 0 spiro atoms. The number of rotatable bonds is 13. The molecule has 6 rings (SSSR count). The summed E-state index contributed by atoms with van der Waals surface area (Å²) in [5, 5.41) is 3.78. The summed E-state index contributed by atoms with van der Waals surface area (Å²) in [7, 11) is -4.41. The van der Waals surface area contributed by atoms with Gasteiger partial charge in [-0.25, -0.2) is 19.3 Å². The summed E-state index contributed by atoms with van der Waals surface area (Å²) in [6.07, 6.45) is 2.14. The van der Waals surface area contributed by atoms with E-state index < -0.39 is 67.8 Å². The largest absolute Gasteiger partial charge is 0.475 e. The SMILES string of the molecule is Cc1cn([C@H]2C[C@H](N=[N+]=[N-])[C@@H](COP(=O)(OCc3ccc(OC(=O)C(C)(C)C)cc3)OC[C@@H]3CC[C@H](n4cnc5c(=O)[nH]cnc54)O3)O2)c(=O)[nH]c1=O. The molecule has 0 radical (unpaired) electrons. The van der Waals surface area contributed by atoms with Gasteiger partial charge in [0.05, 0.1) is 56.1 Å². The highest BCUT2D eigenvalue weighted by Crippen LogP contribution is 2.52. The molecule has 0 amide bonds. The molecular formula is C32H38N9O11P. The van der Waals surface area contributed by atoms with Crippen LogP contribution in [0.4, 0.5) is 0 Å². The minimum Gasteiger partial charge on any atom is -0.426 e.